The third-order valence-electron chi connectivity index (χ3n) is 2.71. The Bertz CT molecular complexity index is 319. The summed E-state index contributed by atoms with van der Waals surface area (Å²) in [5.41, 5.74) is 2.90. The van der Waals surface area contributed by atoms with Crippen molar-refractivity contribution in [2.75, 3.05) is 11.4 Å². The molecule has 0 saturated carbocycles. The second kappa shape index (κ2) is 2.50. The highest BCUT2D eigenvalue weighted by atomic mass is 15.3. The van der Waals surface area contributed by atoms with E-state index in [0.29, 0.717) is 0 Å². The zero-order valence-corrected chi connectivity index (χ0v) is 8.83. The van der Waals surface area contributed by atoms with Crippen LogP contribution >= 0.6 is 0 Å². The second-order valence-electron chi connectivity index (χ2n) is 4.67. The SMILES string of the molecule is Cn1ncc2c1CCN2C(C)(C)C. The Hall–Kier alpha value is -0.990. The maximum atomic E-state index is 4.28. The molecule has 0 unspecified atom stereocenters. The van der Waals surface area contributed by atoms with Gasteiger partial charge in [-0.05, 0) is 20.8 Å². The quantitative estimate of drug-likeness (QED) is 0.603. The molecule has 1 aromatic rings. The third kappa shape index (κ3) is 1.23. The lowest BCUT2D eigenvalue weighted by molar-refractivity contribution is 0.516. The molecule has 1 aliphatic heterocycles. The van der Waals surface area contributed by atoms with Gasteiger partial charge in [0.1, 0.15) is 0 Å². The normalized spacial score (nSPS) is 16.5. The highest BCUT2D eigenvalue weighted by molar-refractivity contribution is 5.56. The lowest BCUT2D eigenvalue weighted by Gasteiger charge is -2.33. The molecule has 0 amide bonds. The smallest absolute Gasteiger partial charge is 0.0790 e. The van der Waals surface area contributed by atoms with Crippen LogP contribution in [0.5, 0.6) is 0 Å². The number of fused-ring (bicyclic) bond motifs is 1. The van der Waals surface area contributed by atoms with Crippen LogP contribution in [0, 0.1) is 0 Å². The van der Waals surface area contributed by atoms with Gasteiger partial charge in [-0.1, -0.05) is 0 Å². The van der Waals surface area contributed by atoms with Crippen molar-refractivity contribution in [2.24, 2.45) is 7.05 Å². The first kappa shape index (κ1) is 8.60. The molecule has 2 rings (SSSR count). The second-order valence-corrected chi connectivity index (χ2v) is 4.67. The molecule has 13 heavy (non-hydrogen) atoms. The van der Waals surface area contributed by atoms with E-state index in [1.54, 1.807) is 0 Å². The van der Waals surface area contributed by atoms with Crippen LogP contribution in [0.2, 0.25) is 0 Å². The molecule has 0 aliphatic carbocycles. The summed E-state index contributed by atoms with van der Waals surface area (Å²) in [4.78, 5) is 2.43. The van der Waals surface area contributed by atoms with Gasteiger partial charge in [0, 0.05) is 25.6 Å². The summed E-state index contributed by atoms with van der Waals surface area (Å²) < 4.78 is 1.99. The minimum atomic E-state index is 0.217. The van der Waals surface area contributed by atoms with E-state index in [-0.39, 0.29) is 5.54 Å². The summed E-state index contributed by atoms with van der Waals surface area (Å²) in [7, 11) is 2.02. The van der Waals surface area contributed by atoms with E-state index < -0.39 is 0 Å². The van der Waals surface area contributed by atoms with Crippen LogP contribution in [0.4, 0.5) is 5.69 Å². The minimum absolute atomic E-state index is 0.217. The first-order chi connectivity index (χ1) is 6.00. The van der Waals surface area contributed by atoms with E-state index in [4.69, 9.17) is 0 Å². The molecule has 0 aromatic carbocycles. The van der Waals surface area contributed by atoms with Crippen molar-refractivity contribution >= 4 is 5.69 Å². The number of hydrogen-bond acceptors (Lipinski definition) is 2. The first-order valence-electron chi connectivity index (χ1n) is 4.78. The van der Waals surface area contributed by atoms with Gasteiger partial charge in [-0.3, -0.25) is 4.68 Å². The highest BCUT2D eigenvalue weighted by Gasteiger charge is 2.30. The molecule has 1 aliphatic rings. The number of aryl methyl sites for hydroxylation is 1. The predicted molar refractivity (Wildman–Crippen MR) is 54.0 cm³/mol. The van der Waals surface area contributed by atoms with Gasteiger partial charge in [0.25, 0.3) is 0 Å². The van der Waals surface area contributed by atoms with Crippen molar-refractivity contribution in [1.29, 1.82) is 0 Å². The van der Waals surface area contributed by atoms with E-state index in [9.17, 15) is 0 Å². The van der Waals surface area contributed by atoms with Crippen LogP contribution < -0.4 is 4.90 Å². The standard InChI is InChI=1S/C10H17N3/c1-10(2,3)13-6-5-8-9(13)7-11-12(8)4/h7H,5-6H2,1-4H3. The molecule has 2 heterocycles. The van der Waals surface area contributed by atoms with Crippen LogP contribution in [0.15, 0.2) is 6.20 Å². The molecule has 3 heteroatoms. The first-order valence-corrected chi connectivity index (χ1v) is 4.78. The average molecular weight is 179 g/mol. The predicted octanol–water partition coefficient (Wildman–Crippen LogP) is 1.58. The molecule has 0 bridgehead atoms. The Labute approximate surface area is 79.3 Å². The van der Waals surface area contributed by atoms with Crippen LogP contribution in [0.3, 0.4) is 0 Å². The lowest BCUT2D eigenvalue weighted by Crippen LogP contribution is -2.39. The molecule has 0 fully saturated rings. The summed E-state index contributed by atoms with van der Waals surface area (Å²) in [6.45, 7) is 7.86. The van der Waals surface area contributed by atoms with E-state index in [2.05, 4.69) is 30.8 Å². The summed E-state index contributed by atoms with van der Waals surface area (Å²) in [6.07, 6.45) is 3.11. The summed E-state index contributed by atoms with van der Waals surface area (Å²) in [5, 5.41) is 4.28. The topological polar surface area (TPSA) is 21.1 Å². The van der Waals surface area contributed by atoms with Crippen LogP contribution in [0.1, 0.15) is 26.5 Å². The number of hydrogen-bond donors (Lipinski definition) is 0. The van der Waals surface area contributed by atoms with Gasteiger partial charge in [0.05, 0.1) is 17.6 Å². The van der Waals surface area contributed by atoms with Crippen molar-refractivity contribution in [3.05, 3.63) is 11.9 Å². The molecule has 1 aromatic heterocycles. The molecule has 0 N–H and O–H groups in total. The third-order valence-corrected chi connectivity index (χ3v) is 2.71. The van der Waals surface area contributed by atoms with Gasteiger partial charge in [-0.15, -0.1) is 0 Å². The lowest BCUT2D eigenvalue weighted by atomic mass is 10.1. The maximum Gasteiger partial charge on any atom is 0.0790 e. The largest absolute Gasteiger partial charge is 0.364 e. The van der Waals surface area contributed by atoms with E-state index >= 15 is 0 Å². The van der Waals surface area contributed by atoms with Crippen LogP contribution in [0.25, 0.3) is 0 Å². The summed E-state index contributed by atoms with van der Waals surface area (Å²) in [6, 6.07) is 0. The Kier molecular flexibility index (Phi) is 1.65. The molecule has 0 atom stereocenters. The average Bonchev–Trinajstić information content (AvgIpc) is 2.51. The van der Waals surface area contributed by atoms with Crippen molar-refractivity contribution < 1.29 is 0 Å². The molecule has 0 spiro atoms. The maximum absolute atomic E-state index is 4.28. The van der Waals surface area contributed by atoms with E-state index in [1.807, 2.05) is 17.9 Å². The fourth-order valence-electron chi connectivity index (χ4n) is 2.00. The van der Waals surface area contributed by atoms with Crippen molar-refractivity contribution in [3.63, 3.8) is 0 Å². The molecular weight excluding hydrogens is 162 g/mol. The highest BCUT2D eigenvalue weighted by Crippen LogP contribution is 2.32. The van der Waals surface area contributed by atoms with Gasteiger partial charge >= 0.3 is 0 Å². The van der Waals surface area contributed by atoms with Crippen LogP contribution in [-0.2, 0) is 13.5 Å². The molecule has 3 nitrogen and oxygen atoms in total. The van der Waals surface area contributed by atoms with Gasteiger partial charge in [0.2, 0.25) is 0 Å². The minimum Gasteiger partial charge on any atom is -0.364 e. The van der Waals surface area contributed by atoms with Gasteiger partial charge in [0.15, 0.2) is 0 Å². The Balaban J connectivity index is 2.39. The van der Waals surface area contributed by atoms with Gasteiger partial charge in [-0.2, -0.15) is 5.10 Å². The zero-order chi connectivity index (χ0) is 9.64. The zero-order valence-electron chi connectivity index (χ0n) is 8.83. The van der Waals surface area contributed by atoms with E-state index in [0.717, 1.165) is 13.0 Å². The Morgan fingerprint density at radius 2 is 2.08 bits per heavy atom. The van der Waals surface area contributed by atoms with Crippen LogP contribution in [-0.4, -0.2) is 21.9 Å². The van der Waals surface area contributed by atoms with Crippen molar-refractivity contribution in [3.8, 4) is 0 Å². The summed E-state index contributed by atoms with van der Waals surface area (Å²) >= 11 is 0. The fraction of sp³-hybridized carbons (Fsp3) is 0.700. The van der Waals surface area contributed by atoms with Crippen molar-refractivity contribution in [1.82, 2.24) is 9.78 Å². The van der Waals surface area contributed by atoms with Gasteiger partial charge in [-0.25, -0.2) is 0 Å². The number of rotatable bonds is 0. The molecule has 0 radical (unpaired) electrons. The Morgan fingerprint density at radius 1 is 1.38 bits per heavy atom. The molecule has 72 valence electrons. The molecular formula is C10H17N3. The Morgan fingerprint density at radius 3 is 2.69 bits per heavy atom. The number of nitrogens with zero attached hydrogens (tertiary/aromatic N) is 3. The molecule has 0 saturated heterocycles. The van der Waals surface area contributed by atoms with Gasteiger partial charge < -0.3 is 4.90 Å². The monoisotopic (exact) mass is 179 g/mol. The fourth-order valence-corrected chi connectivity index (χ4v) is 2.00. The van der Waals surface area contributed by atoms with E-state index in [1.165, 1.54) is 11.4 Å². The summed E-state index contributed by atoms with van der Waals surface area (Å²) in [5.74, 6) is 0. The number of anilines is 1. The number of aromatic nitrogens is 2. The van der Waals surface area contributed by atoms with Crippen molar-refractivity contribution in [2.45, 2.75) is 32.7 Å².